The van der Waals surface area contributed by atoms with Crippen LogP contribution in [0.2, 0.25) is 0 Å². The normalized spacial score (nSPS) is 18.6. The number of hydrogen-bond acceptors (Lipinski definition) is 4. The number of likely N-dealkylation sites (tertiary alicyclic amines) is 2. The summed E-state index contributed by atoms with van der Waals surface area (Å²) in [6.07, 6.45) is 4.02. The average molecular weight is 447 g/mol. The average Bonchev–Trinajstić information content (AvgIpc) is 3.48. The molecule has 2 aromatic carbocycles. The summed E-state index contributed by atoms with van der Waals surface area (Å²) in [5.41, 5.74) is 3.79. The van der Waals surface area contributed by atoms with E-state index in [1.54, 1.807) is 6.20 Å². The Labute approximate surface area is 193 Å². The topological polar surface area (TPSA) is 78.5 Å². The molecule has 7 heteroatoms. The molecule has 0 bridgehead atoms. The minimum atomic E-state index is -0.272. The van der Waals surface area contributed by atoms with Gasteiger partial charge in [-0.15, -0.1) is 0 Å². The molecule has 1 N–H and O–H groups in total. The Morgan fingerprint density at radius 1 is 1.06 bits per heavy atom. The van der Waals surface area contributed by atoms with Gasteiger partial charge in [-0.25, -0.2) is 4.79 Å². The molecule has 5 rings (SSSR count). The first-order valence-electron chi connectivity index (χ1n) is 11.7. The maximum absolute atomic E-state index is 13.2. The van der Waals surface area contributed by atoms with Crippen LogP contribution in [0, 0.1) is 12.3 Å². The Morgan fingerprint density at radius 3 is 2.48 bits per heavy atom. The molecule has 0 radical (unpaired) electrons. The van der Waals surface area contributed by atoms with Gasteiger partial charge in [0.1, 0.15) is 6.10 Å². The quantitative estimate of drug-likeness (QED) is 0.633. The number of aryl methyl sites for hydroxylation is 1. The highest BCUT2D eigenvalue weighted by atomic mass is 16.6. The van der Waals surface area contributed by atoms with Crippen LogP contribution in [0.1, 0.15) is 53.8 Å². The van der Waals surface area contributed by atoms with Gasteiger partial charge in [0.25, 0.3) is 5.91 Å². The lowest BCUT2D eigenvalue weighted by Crippen LogP contribution is -2.44. The number of carbonyl (C=O) groups is 2. The van der Waals surface area contributed by atoms with Crippen molar-refractivity contribution in [1.29, 1.82) is 0 Å². The first kappa shape index (κ1) is 21.5. The van der Waals surface area contributed by atoms with Crippen LogP contribution in [0.3, 0.4) is 0 Å². The Morgan fingerprint density at radius 2 is 1.76 bits per heavy atom. The van der Waals surface area contributed by atoms with Crippen LogP contribution in [0.4, 0.5) is 4.79 Å². The van der Waals surface area contributed by atoms with Crippen molar-refractivity contribution in [3.05, 3.63) is 65.4 Å². The van der Waals surface area contributed by atoms with E-state index in [1.807, 2.05) is 66.1 Å². The highest BCUT2D eigenvalue weighted by Gasteiger charge is 2.43. The third-order valence-corrected chi connectivity index (χ3v) is 7.35. The molecule has 33 heavy (non-hydrogen) atoms. The zero-order chi connectivity index (χ0) is 23.0. The molecular weight excluding hydrogens is 416 g/mol. The third kappa shape index (κ3) is 4.19. The fourth-order valence-corrected chi connectivity index (χ4v) is 5.24. The summed E-state index contributed by atoms with van der Waals surface area (Å²) in [6, 6.07) is 13.7. The minimum Gasteiger partial charge on any atom is -0.442 e. The number of benzene rings is 2. The van der Waals surface area contributed by atoms with Crippen molar-refractivity contribution in [3.8, 4) is 0 Å². The molecule has 3 heterocycles. The van der Waals surface area contributed by atoms with E-state index in [1.165, 1.54) is 0 Å². The summed E-state index contributed by atoms with van der Waals surface area (Å²) in [5, 5.41) is 8.03. The molecule has 2 aliphatic heterocycles. The summed E-state index contributed by atoms with van der Waals surface area (Å²) < 4.78 is 5.73. The number of aromatic amines is 1. The smallest absolute Gasteiger partial charge is 0.410 e. The van der Waals surface area contributed by atoms with Gasteiger partial charge in [0.15, 0.2) is 0 Å². The second-order valence-corrected chi connectivity index (χ2v) is 9.53. The van der Waals surface area contributed by atoms with Crippen molar-refractivity contribution in [2.75, 3.05) is 26.2 Å². The van der Waals surface area contributed by atoms with Gasteiger partial charge in [0.05, 0.1) is 11.7 Å². The van der Waals surface area contributed by atoms with Crippen molar-refractivity contribution < 1.29 is 14.3 Å². The van der Waals surface area contributed by atoms with E-state index in [0.717, 1.165) is 41.3 Å². The zero-order valence-electron chi connectivity index (χ0n) is 19.2. The van der Waals surface area contributed by atoms with Gasteiger partial charge in [-0.2, -0.15) is 5.10 Å². The van der Waals surface area contributed by atoms with E-state index in [-0.39, 0.29) is 23.5 Å². The van der Waals surface area contributed by atoms with Crippen LogP contribution in [-0.4, -0.2) is 58.2 Å². The van der Waals surface area contributed by atoms with E-state index in [4.69, 9.17) is 4.74 Å². The predicted molar refractivity (Wildman–Crippen MR) is 126 cm³/mol. The van der Waals surface area contributed by atoms with Crippen LogP contribution in [0.15, 0.2) is 48.7 Å². The fourth-order valence-electron chi connectivity index (χ4n) is 5.24. The first-order chi connectivity index (χ1) is 15.9. The van der Waals surface area contributed by atoms with Crippen molar-refractivity contribution in [2.45, 2.75) is 39.2 Å². The number of rotatable bonds is 3. The molecule has 7 nitrogen and oxygen atoms in total. The van der Waals surface area contributed by atoms with Crippen LogP contribution >= 0.6 is 0 Å². The molecule has 1 spiro atoms. The summed E-state index contributed by atoms with van der Waals surface area (Å²) in [5.74, 6) is 0.0713. The lowest BCUT2D eigenvalue weighted by molar-refractivity contribution is 0.0535. The van der Waals surface area contributed by atoms with E-state index < -0.39 is 0 Å². The second-order valence-electron chi connectivity index (χ2n) is 9.53. The zero-order valence-corrected chi connectivity index (χ0v) is 19.2. The van der Waals surface area contributed by atoms with E-state index in [0.29, 0.717) is 31.7 Å². The number of hydrogen-bond donors (Lipinski definition) is 1. The number of fused-ring (bicyclic) bond motifs is 1. The Hall–Kier alpha value is -3.35. The molecule has 0 unspecified atom stereocenters. The second kappa shape index (κ2) is 8.54. The first-order valence-corrected chi connectivity index (χ1v) is 11.7. The van der Waals surface area contributed by atoms with E-state index >= 15 is 0 Å². The molecule has 3 aromatic rings. The summed E-state index contributed by atoms with van der Waals surface area (Å²) in [7, 11) is 0. The van der Waals surface area contributed by atoms with Crippen LogP contribution < -0.4 is 0 Å². The molecule has 172 valence electrons. The molecule has 2 saturated heterocycles. The molecule has 0 aliphatic carbocycles. The van der Waals surface area contributed by atoms with Gasteiger partial charge >= 0.3 is 6.09 Å². The van der Waals surface area contributed by atoms with Crippen molar-refractivity contribution in [1.82, 2.24) is 20.0 Å². The molecule has 0 saturated carbocycles. The van der Waals surface area contributed by atoms with E-state index in [9.17, 15) is 9.59 Å². The number of carbonyl (C=O) groups excluding carboxylic acids is 2. The molecule has 2 amide bonds. The monoisotopic (exact) mass is 446 g/mol. The van der Waals surface area contributed by atoms with Crippen LogP contribution in [0.25, 0.3) is 10.9 Å². The number of ether oxygens (including phenoxy) is 1. The number of nitrogens with zero attached hydrogens (tertiary/aromatic N) is 3. The highest BCUT2D eigenvalue weighted by Crippen LogP contribution is 2.41. The lowest BCUT2D eigenvalue weighted by Gasteiger charge is -2.39. The summed E-state index contributed by atoms with van der Waals surface area (Å²) in [6.45, 7) is 6.74. The predicted octanol–water partition coefficient (Wildman–Crippen LogP) is 4.70. The lowest BCUT2D eigenvalue weighted by atomic mass is 9.77. The minimum absolute atomic E-state index is 0.0713. The van der Waals surface area contributed by atoms with Crippen LogP contribution in [-0.2, 0) is 4.74 Å². The SMILES string of the molecule is Cc1cc(C(=O)N2CCC3(CCN(C(=O)O[C@H](C)c4ccccc4)C3)CC2)cc2cn[nH]c12. The van der Waals surface area contributed by atoms with E-state index in [2.05, 4.69) is 10.2 Å². The maximum atomic E-state index is 13.2. The van der Waals surface area contributed by atoms with Gasteiger partial charge in [0.2, 0.25) is 0 Å². The van der Waals surface area contributed by atoms with Crippen molar-refractivity contribution in [2.24, 2.45) is 5.41 Å². The number of H-pyrrole nitrogens is 1. The van der Waals surface area contributed by atoms with Gasteiger partial charge in [-0.3, -0.25) is 9.89 Å². The van der Waals surface area contributed by atoms with Crippen molar-refractivity contribution >= 4 is 22.9 Å². The Kier molecular flexibility index (Phi) is 5.56. The van der Waals surface area contributed by atoms with Gasteiger partial charge in [0, 0.05) is 37.1 Å². The molecule has 2 aliphatic rings. The number of nitrogens with one attached hydrogen (secondary N) is 1. The molecule has 1 atom stereocenters. The molecular formula is C26H30N4O3. The number of piperidine rings is 1. The Balaban J connectivity index is 1.18. The Bertz CT molecular complexity index is 1160. The highest BCUT2D eigenvalue weighted by molar-refractivity contribution is 5.98. The largest absolute Gasteiger partial charge is 0.442 e. The molecule has 2 fully saturated rings. The summed E-state index contributed by atoms with van der Waals surface area (Å²) in [4.78, 5) is 29.7. The van der Waals surface area contributed by atoms with Gasteiger partial charge in [-0.1, -0.05) is 30.3 Å². The number of aromatic nitrogens is 2. The van der Waals surface area contributed by atoms with Gasteiger partial charge in [-0.05, 0) is 61.8 Å². The number of amides is 2. The standard InChI is InChI=1S/C26H30N4O3/c1-18-14-21(15-22-16-27-28-23(18)22)24(31)29-11-8-26(9-12-29)10-13-30(17-26)25(32)33-19(2)20-6-4-3-5-7-20/h3-7,14-16,19H,8-13,17H2,1-2H3,(H,27,28)/t19-/m1/s1. The van der Waals surface area contributed by atoms with Gasteiger partial charge < -0.3 is 14.5 Å². The summed E-state index contributed by atoms with van der Waals surface area (Å²) >= 11 is 0. The molecule has 1 aromatic heterocycles. The van der Waals surface area contributed by atoms with Crippen molar-refractivity contribution in [3.63, 3.8) is 0 Å². The maximum Gasteiger partial charge on any atom is 0.410 e. The van der Waals surface area contributed by atoms with Crippen LogP contribution in [0.5, 0.6) is 0 Å². The fraction of sp³-hybridized carbons (Fsp3) is 0.423. The third-order valence-electron chi connectivity index (χ3n) is 7.35.